The number of Topliss-reactive ketones (excluding diaryl/α,β-unsaturated/α-hetero) is 1. The number of hydrogen-bond donors (Lipinski definition) is 1. The maximum atomic E-state index is 11.8. The second kappa shape index (κ2) is 4.61. The van der Waals surface area contributed by atoms with Crippen molar-refractivity contribution in [2.75, 3.05) is 0 Å². The summed E-state index contributed by atoms with van der Waals surface area (Å²) in [7, 11) is 0. The molecule has 0 saturated heterocycles. The van der Waals surface area contributed by atoms with Crippen LogP contribution >= 0.6 is 0 Å². The molecule has 0 bridgehead atoms. The quantitative estimate of drug-likeness (QED) is 0.815. The Morgan fingerprint density at radius 1 is 1.06 bits per heavy atom. The first-order valence-electron chi connectivity index (χ1n) is 5.96. The maximum absolute atomic E-state index is 11.8. The van der Waals surface area contributed by atoms with Crippen molar-refractivity contribution in [3.8, 4) is 0 Å². The molecule has 1 aromatic carbocycles. The predicted molar refractivity (Wildman–Crippen MR) is 70.2 cm³/mol. The van der Waals surface area contributed by atoms with E-state index in [0.717, 1.165) is 6.42 Å². The third-order valence-electron chi connectivity index (χ3n) is 2.51. The fraction of sp³-hybridized carbons (Fsp3) is 0.533. The van der Waals surface area contributed by atoms with Gasteiger partial charge in [0.25, 0.3) is 0 Å². The highest BCUT2D eigenvalue weighted by molar-refractivity contribution is 6.01. The van der Waals surface area contributed by atoms with E-state index in [2.05, 4.69) is 20.8 Å². The zero-order valence-electron chi connectivity index (χ0n) is 11.4. The van der Waals surface area contributed by atoms with E-state index >= 15 is 0 Å². The number of aliphatic hydroxyl groups is 1. The molecule has 0 saturated carbocycles. The average molecular weight is 234 g/mol. The van der Waals surface area contributed by atoms with Crippen LogP contribution < -0.4 is 0 Å². The standard InChI is InChI=1S/C15H22O2/c1-14(2,3)10-11-6-8-12(9-7-11)13(16)15(4,5)17/h6-9,17H,10H2,1-5H3. The third-order valence-corrected chi connectivity index (χ3v) is 2.51. The van der Waals surface area contributed by atoms with E-state index in [1.807, 2.05) is 12.1 Å². The van der Waals surface area contributed by atoms with Crippen molar-refractivity contribution >= 4 is 5.78 Å². The fourth-order valence-electron chi connectivity index (χ4n) is 1.74. The van der Waals surface area contributed by atoms with Crippen molar-refractivity contribution in [2.24, 2.45) is 5.41 Å². The number of carbonyl (C=O) groups excluding carboxylic acids is 1. The van der Waals surface area contributed by atoms with Crippen molar-refractivity contribution in [1.29, 1.82) is 0 Å². The zero-order valence-corrected chi connectivity index (χ0v) is 11.4. The van der Waals surface area contributed by atoms with Gasteiger partial charge in [-0.05, 0) is 31.2 Å². The van der Waals surface area contributed by atoms with Gasteiger partial charge in [0.1, 0.15) is 5.60 Å². The van der Waals surface area contributed by atoms with E-state index in [4.69, 9.17) is 0 Å². The molecule has 94 valence electrons. The highest BCUT2D eigenvalue weighted by atomic mass is 16.3. The number of rotatable bonds is 3. The summed E-state index contributed by atoms with van der Waals surface area (Å²) >= 11 is 0. The maximum Gasteiger partial charge on any atom is 0.193 e. The van der Waals surface area contributed by atoms with E-state index < -0.39 is 5.60 Å². The van der Waals surface area contributed by atoms with Gasteiger partial charge in [0, 0.05) is 5.56 Å². The summed E-state index contributed by atoms with van der Waals surface area (Å²) in [6.45, 7) is 9.57. The first-order chi connectivity index (χ1) is 7.59. The summed E-state index contributed by atoms with van der Waals surface area (Å²) in [5.74, 6) is -0.236. The third kappa shape index (κ3) is 4.31. The Morgan fingerprint density at radius 3 is 1.88 bits per heavy atom. The van der Waals surface area contributed by atoms with Crippen LogP contribution in [0.5, 0.6) is 0 Å². The Kier molecular flexibility index (Phi) is 3.78. The minimum atomic E-state index is -1.30. The van der Waals surface area contributed by atoms with Crippen LogP contribution in [0, 0.1) is 5.41 Å². The topological polar surface area (TPSA) is 37.3 Å². The van der Waals surface area contributed by atoms with E-state index in [0.29, 0.717) is 5.56 Å². The minimum Gasteiger partial charge on any atom is -0.382 e. The van der Waals surface area contributed by atoms with Crippen molar-refractivity contribution < 1.29 is 9.90 Å². The lowest BCUT2D eigenvalue weighted by Crippen LogP contribution is -2.31. The van der Waals surface area contributed by atoms with Crippen molar-refractivity contribution in [3.63, 3.8) is 0 Å². The smallest absolute Gasteiger partial charge is 0.193 e. The fourth-order valence-corrected chi connectivity index (χ4v) is 1.74. The van der Waals surface area contributed by atoms with Gasteiger partial charge in [-0.3, -0.25) is 4.79 Å². The predicted octanol–water partition coefficient (Wildman–Crippen LogP) is 3.23. The lowest BCUT2D eigenvalue weighted by atomic mass is 9.87. The molecule has 1 rings (SSSR count). The molecule has 1 N–H and O–H groups in total. The monoisotopic (exact) mass is 234 g/mol. The van der Waals surface area contributed by atoms with E-state index in [1.54, 1.807) is 12.1 Å². The zero-order chi connectivity index (χ0) is 13.3. The first kappa shape index (κ1) is 13.9. The van der Waals surface area contributed by atoms with Crippen LogP contribution in [-0.2, 0) is 6.42 Å². The van der Waals surface area contributed by atoms with Gasteiger partial charge in [-0.2, -0.15) is 0 Å². The summed E-state index contributed by atoms with van der Waals surface area (Å²) in [6, 6.07) is 7.51. The Bertz CT molecular complexity index is 388. The Morgan fingerprint density at radius 2 is 1.53 bits per heavy atom. The SMILES string of the molecule is CC(C)(C)Cc1ccc(C(=O)C(C)(C)O)cc1. The van der Waals surface area contributed by atoms with Gasteiger partial charge < -0.3 is 5.11 Å². The summed E-state index contributed by atoms with van der Waals surface area (Å²) < 4.78 is 0. The molecule has 0 aliphatic carbocycles. The van der Waals surface area contributed by atoms with E-state index in [1.165, 1.54) is 19.4 Å². The lowest BCUT2D eigenvalue weighted by Gasteiger charge is -2.19. The Labute approximate surface area is 104 Å². The lowest BCUT2D eigenvalue weighted by molar-refractivity contribution is 0.0488. The van der Waals surface area contributed by atoms with E-state index in [9.17, 15) is 9.90 Å². The van der Waals surface area contributed by atoms with E-state index in [-0.39, 0.29) is 11.2 Å². The summed E-state index contributed by atoms with van der Waals surface area (Å²) in [5.41, 5.74) is 0.716. The van der Waals surface area contributed by atoms with Gasteiger partial charge in [0.05, 0.1) is 0 Å². The van der Waals surface area contributed by atoms with Crippen LogP contribution in [0.25, 0.3) is 0 Å². The number of ketones is 1. The Balaban J connectivity index is 2.86. The van der Waals surface area contributed by atoms with Crippen LogP contribution in [0.15, 0.2) is 24.3 Å². The second-order valence-corrected chi connectivity index (χ2v) is 6.32. The molecule has 0 fully saturated rings. The Hall–Kier alpha value is -1.15. The van der Waals surface area contributed by atoms with Crippen molar-refractivity contribution in [2.45, 2.75) is 46.6 Å². The van der Waals surface area contributed by atoms with Gasteiger partial charge in [0.2, 0.25) is 0 Å². The highest BCUT2D eigenvalue weighted by Gasteiger charge is 2.25. The average Bonchev–Trinajstić information content (AvgIpc) is 2.14. The van der Waals surface area contributed by atoms with Gasteiger partial charge in [0.15, 0.2) is 5.78 Å². The van der Waals surface area contributed by atoms with Gasteiger partial charge in [-0.15, -0.1) is 0 Å². The largest absolute Gasteiger partial charge is 0.382 e. The molecule has 0 heterocycles. The molecule has 0 amide bonds. The molecule has 2 nitrogen and oxygen atoms in total. The number of hydrogen-bond acceptors (Lipinski definition) is 2. The number of benzene rings is 1. The van der Waals surface area contributed by atoms with Crippen molar-refractivity contribution in [3.05, 3.63) is 35.4 Å². The van der Waals surface area contributed by atoms with Gasteiger partial charge >= 0.3 is 0 Å². The molecular weight excluding hydrogens is 212 g/mol. The van der Waals surface area contributed by atoms with Crippen LogP contribution in [0.2, 0.25) is 0 Å². The van der Waals surface area contributed by atoms with Crippen molar-refractivity contribution in [1.82, 2.24) is 0 Å². The molecule has 17 heavy (non-hydrogen) atoms. The molecular formula is C15H22O2. The summed E-state index contributed by atoms with van der Waals surface area (Å²) in [6.07, 6.45) is 0.976. The molecule has 0 atom stereocenters. The van der Waals surface area contributed by atoms with Crippen LogP contribution in [0.3, 0.4) is 0 Å². The van der Waals surface area contributed by atoms with Crippen LogP contribution in [0.4, 0.5) is 0 Å². The molecule has 0 unspecified atom stereocenters. The highest BCUT2D eigenvalue weighted by Crippen LogP contribution is 2.21. The summed E-state index contributed by atoms with van der Waals surface area (Å²) in [5, 5.41) is 9.65. The minimum absolute atomic E-state index is 0.236. The molecule has 0 aromatic heterocycles. The molecule has 0 aliphatic rings. The van der Waals surface area contributed by atoms with Crippen LogP contribution in [-0.4, -0.2) is 16.5 Å². The first-order valence-corrected chi connectivity index (χ1v) is 5.96. The normalized spacial score (nSPS) is 12.6. The number of carbonyl (C=O) groups is 1. The second-order valence-electron chi connectivity index (χ2n) is 6.32. The molecule has 0 aliphatic heterocycles. The molecule has 0 spiro atoms. The van der Waals surface area contributed by atoms with Gasteiger partial charge in [-0.25, -0.2) is 0 Å². The summed E-state index contributed by atoms with van der Waals surface area (Å²) in [4.78, 5) is 11.8. The van der Waals surface area contributed by atoms with Crippen LogP contribution in [0.1, 0.15) is 50.5 Å². The molecule has 1 aromatic rings. The molecule has 2 heteroatoms. The molecule has 0 radical (unpaired) electrons. The van der Waals surface area contributed by atoms with Gasteiger partial charge in [-0.1, -0.05) is 45.0 Å².